The Labute approximate surface area is 463 Å². The molecule has 2 aromatic rings. The lowest BCUT2D eigenvalue weighted by molar-refractivity contribution is -0.134. The Kier molecular flexibility index (Phi) is 30.8. The maximum Gasteiger partial charge on any atom is 0.310 e. The fourth-order valence-electron chi connectivity index (χ4n) is 8.24. The van der Waals surface area contributed by atoms with E-state index in [-0.39, 0.29) is 11.9 Å². The van der Waals surface area contributed by atoms with Crippen LogP contribution in [0.3, 0.4) is 0 Å². The first-order valence-electron chi connectivity index (χ1n) is 24.3. The van der Waals surface area contributed by atoms with E-state index in [0.29, 0.717) is 34.2 Å². The largest absolute Gasteiger partial charge is 0.427 e. The number of thioether (sulfide) groups is 1. The number of ether oxygens (including phenoxy) is 2. The van der Waals surface area contributed by atoms with Gasteiger partial charge in [-0.25, -0.2) is 0 Å². The van der Waals surface area contributed by atoms with Crippen molar-refractivity contribution >= 4 is 171 Å². The van der Waals surface area contributed by atoms with E-state index in [4.69, 9.17) is 9.47 Å². The molecule has 0 N–H and O–H groups in total. The molecular weight excluding hydrogens is 1120 g/mol. The normalized spacial score (nSPS) is 27.4. The second-order valence-corrected chi connectivity index (χ2v) is 39.8. The standard InChI is InChI=1S/C48H70O4S15/c1-4-40-41(25-15-11-7-9-13-19-34-21-17-23-36(27-34)51-46(49)5-2)60-65-67-63-48(55-40)30-39-33-54-53-32-38(56-57-39)29-43-45-31-44(58-59-45)42(61-64-66-62-43)26-16-12-8-10-14-20-35-22-18-24-37(28-35)52-47(50)6-3/h17-18,21-24,27-28,38-45,48H,4-16,19-20,25-26,29-33H2,1-3H3/t38?,39?,40?,41?,42?,43?,44?,45?,48-/m1/s1. The lowest BCUT2D eigenvalue weighted by Crippen LogP contribution is -2.26. The number of unbranched alkanes of at least 4 members (excludes halogenated alkanes) is 8. The van der Waals surface area contributed by atoms with Crippen molar-refractivity contribution in [3.63, 3.8) is 0 Å². The molecule has 4 aliphatic heterocycles. The van der Waals surface area contributed by atoms with Crippen molar-refractivity contribution in [3.05, 3.63) is 59.7 Å². The van der Waals surface area contributed by atoms with Crippen molar-refractivity contribution in [1.82, 2.24) is 0 Å². The molecule has 67 heavy (non-hydrogen) atoms. The van der Waals surface area contributed by atoms with E-state index in [9.17, 15) is 9.59 Å². The molecule has 19 heteroatoms. The van der Waals surface area contributed by atoms with Gasteiger partial charge in [-0.3, -0.25) is 9.59 Å². The maximum absolute atomic E-state index is 11.7. The molecule has 4 fully saturated rings. The van der Waals surface area contributed by atoms with Gasteiger partial charge in [0.1, 0.15) is 11.5 Å². The minimum atomic E-state index is -0.169. The first-order valence-corrected chi connectivity index (χ1v) is 42.2. The minimum Gasteiger partial charge on any atom is -0.427 e. The quantitative estimate of drug-likeness (QED) is 0.0410. The Hall–Kier alpha value is 2.63. The molecule has 4 aliphatic rings. The van der Waals surface area contributed by atoms with E-state index in [1.807, 2.05) is 60.1 Å². The van der Waals surface area contributed by atoms with Crippen LogP contribution in [0.5, 0.6) is 11.5 Å². The summed E-state index contributed by atoms with van der Waals surface area (Å²) in [5.41, 5.74) is 2.53. The van der Waals surface area contributed by atoms with Crippen molar-refractivity contribution in [2.24, 2.45) is 0 Å². The molecule has 9 atom stereocenters. The molecule has 376 valence electrons. The average molecular weight is 1190 g/mol. The first-order chi connectivity index (χ1) is 32.9. The second kappa shape index (κ2) is 35.1. The zero-order valence-corrected chi connectivity index (χ0v) is 51.4. The number of aryl methyl sites for hydroxylation is 2. The maximum atomic E-state index is 11.7. The van der Waals surface area contributed by atoms with Gasteiger partial charge in [0.2, 0.25) is 0 Å². The molecule has 0 spiro atoms. The van der Waals surface area contributed by atoms with Gasteiger partial charge in [0.05, 0.1) is 4.58 Å². The average Bonchev–Trinajstić information content (AvgIpc) is 3.84. The van der Waals surface area contributed by atoms with Gasteiger partial charge in [-0.1, -0.05) is 204 Å². The van der Waals surface area contributed by atoms with Gasteiger partial charge < -0.3 is 9.47 Å². The summed E-state index contributed by atoms with van der Waals surface area (Å²) >= 11 is 2.32. The molecule has 2 aromatic carbocycles. The van der Waals surface area contributed by atoms with Crippen LogP contribution in [-0.2, 0) is 22.4 Å². The summed E-state index contributed by atoms with van der Waals surface area (Å²) < 4.78 is 11.5. The Morgan fingerprint density at radius 3 is 1.60 bits per heavy atom. The van der Waals surface area contributed by atoms with Crippen LogP contribution in [0.15, 0.2) is 48.5 Å². The summed E-state index contributed by atoms with van der Waals surface area (Å²) in [5.74, 6) is 3.57. The fraction of sp³-hybridized carbons (Fsp3) is 0.708. The van der Waals surface area contributed by atoms with Gasteiger partial charge in [0.15, 0.2) is 0 Å². The van der Waals surface area contributed by atoms with E-state index in [1.165, 1.54) is 125 Å². The van der Waals surface area contributed by atoms with Gasteiger partial charge in [0.25, 0.3) is 0 Å². The van der Waals surface area contributed by atoms with Crippen molar-refractivity contribution in [2.75, 3.05) is 11.5 Å². The number of hydrogen-bond acceptors (Lipinski definition) is 19. The van der Waals surface area contributed by atoms with Gasteiger partial charge in [-0.2, -0.15) is 0 Å². The zero-order valence-electron chi connectivity index (χ0n) is 39.1. The topological polar surface area (TPSA) is 52.6 Å². The molecule has 4 nitrogen and oxygen atoms in total. The summed E-state index contributed by atoms with van der Waals surface area (Å²) in [7, 11) is 30.2. The van der Waals surface area contributed by atoms with Crippen LogP contribution < -0.4 is 9.47 Å². The fourth-order valence-corrected chi connectivity index (χ4v) is 38.8. The van der Waals surface area contributed by atoms with Crippen molar-refractivity contribution in [1.29, 1.82) is 0 Å². The van der Waals surface area contributed by atoms with Crippen LogP contribution in [0.4, 0.5) is 0 Å². The molecule has 4 saturated heterocycles. The number of benzene rings is 2. The molecule has 6 rings (SSSR count). The van der Waals surface area contributed by atoms with E-state index < -0.39 is 0 Å². The van der Waals surface area contributed by atoms with Crippen LogP contribution >= 0.6 is 159 Å². The monoisotopic (exact) mass is 1190 g/mol. The number of rotatable bonds is 25. The molecule has 4 heterocycles. The molecule has 0 radical (unpaired) electrons. The van der Waals surface area contributed by atoms with Crippen molar-refractivity contribution < 1.29 is 19.1 Å². The number of carbonyl (C=O) groups excluding carboxylic acids is 2. The minimum absolute atomic E-state index is 0.168. The van der Waals surface area contributed by atoms with Crippen LogP contribution in [0.2, 0.25) is 0 Å². The van der Waals surface area contributed by atoms with E-state index in [0.717, 1.165) is 49.6 Å². The van der Waals surface area contributed by atoms with Crippen molar-refractivity contribution in [3.8, 4) is 11.5 Å². The molecular formula is C48H70O4S15. The van der Waals surface area contributed by atoms with Gasteiger partial charge in [-0.15, -0.1) is 11.8 Å². The highest BCUT2D eigenvalue weighted by Crippen LogP contribution is 2.61. The zero-order chi connectivity index (χ0) is 46.9. The van der Waals surface area contributed by atoms with E-state index >= 15 is 0 Å². The highest BCUT2D eigenvalue weighted by molar-refractivity contribution is 9.26. The molecule has 2 bridgehead atoms. The van der Waals surface area contributed by atoms with Crippen LogP contribution in [0.25, 0.3) is 0 Å². The summed E-state index contributed by atoms with van der Waals surface area (Å²) in [5, 5.41) is 5.94. The third-order valence-electron chi connectivity index (χ3n) is 12.0. The molecule has 0 saturated carbocycles. The Morgan fingerprint density at radius 2 is 1.01 bits per heavy atom. The number of fused-ring (bicyclic) bond motifs is 2. The number of carbonyl (C=O) groups is 2. The summed E-state index contributed by atoms with van der Waals surface area (Å²) in [6, 6.07) is 16.2. The lowest BCUT2D eigenvalue weighted by Gasteiger charge is -2.32. The Bertz CT molecular complexity index is 1710. The first kappa shape index (κ1) is 58.9. The highest BCUT2D eigenvalue weighted by atomic mass is 33.7. The summed E-state index contributed by atoms with van der Waals surface area (Å²) in [4.78, 5) is 23.4. The second-order valence-electron chi connectivity index (χ2n) is 17.3. The summed E-state index contributed by atoms with van der Waals surface area (Å²) in [6.45, 7) is 6.10. The third kappa shape index (κ3) is 22.8. The van der Waals surface area contributed by atoms with E-state index in [1.54, 1.807) is 0 Å². The number of hydrogen-bond donors (Lipinski definition) is 0. The molecule has 0 aliphatic carbocycles. The molecule has 8 unspecified atom stereocenters. The summed E-state index contributed by atoms with van der Waals surface area (Å²) in [6.07, 6.45) is 23.8. The Balaban J connectivity index is 0.852. The lowest BCUT2D eigenvalue weighted by atomic mass is 10.0. The van der Waals surface area contributed by atoms with Crippen LogP contribution in [-0.4, -0.2) is 70.0 Å². The van der Waals surface area contributed by atoms with Crippen LogP contribution in [0.1, 0.15) is 147 Å². The van der Waals surface area contributed by atoms with Crippen LogP contribution in [0, 0.1) is 0 Å². The predicted molar refractivity (Wildman–Crippen MR) is 329 cm³/mol. The predicted octanol–water partition coefficient (Wildman–Crippen LogP) is 19.9. The molecule has 0 amide bonds. The Morgan fingerprint density at radius 1 is 0.522 bits per heavy atom. The van der Waals surface area contributed by atoms with Crippen molar-refractivity contribution in [2.45, 2.75) is 196 Å². The third-order valence-corrected chi connectivity index (χ3v) is 39.1. The molecule has 0 aromatic heterocycles. The number of esters is 2. The SMILES string of the molecule is CCC(=O)Oc1cccc(CCCCCCCC2SSSSC(CC3CSSCC(C[C@H]4SSSSC(CCCCCCCc5cccc(OC(=O)CC)c5)C(CC)S4)SS3)C3CC2SS3)c1. The van der Waals surface area contributed by atoms with Gasteiger partial charge in [0, 0.05) is 66.3 Å². The highest BCUT2D eigenvalue weighted by Gasteiger charge is 2.40. The van der Waals surface area contributed by atoms with Gasteiger partial charge >= 0.3 is 11.9 Å². The smallest absolute Gasteiger partial charge is 0.310 e. The van der Waals surface area contributed by atoms with E-state index in [2.05, 4.69) is 168 Å². The van der Waals surface area contributed by atoms with Gasteiger partial charge in [-0.05, 0) is 139 Å².